The van der Waals surface area contributed by atoms with Gasteiger partial charge in [0.15, 0.2) is 11.8 Å². The number of pyridine rings is 1. The molecule has 8 nitrogen and oxygen atoms in total. The molecule has 0 radical (unpaired) electrons. The maximum Gasteiger partial charge on any atom is 0.193 e. The Bertz CT molecular complexity index is 887. The molecule has 1 unspecified atom stereocenters. The fraction of sp³-hybridized carbons (Fsp3) is 0.625. The van der Waals surface area contributed by atoms with Gasteiger partial charge in [-0.25, -0.2) is 9.67 Å². The van der Waals surface area contributed by atoms with Crippen LogP contribution in [0.25, 0.3) is 5.82 Å². The number of rotatable bonds is 6. The van der Waals surface area contributed by atoms with E-state index in [2.05, 4.69) is 37.4 Å². The van der Waals surface area contributed by atoms with Crippen molar-refractivity contribution in [2.24, 2.45) is 4.99 Å². The topological polar surface area (TPSA) is 76.8 Å². The molecule has 2 aromatic heterocycles. The Morgan fingerprint density at radius 1 is 1.21 bits per heavy atom. The summed E-state index contributed by atoms with van der Waals surface area (Å²) in [4.78, 5) is 11.4. The van der Waals surface area contributed by atoms with Crippen molar-refractivity contribution in [3.63, 3.8) is 0 Å². The predicted octanol–water partition coefficient (Wildman–Crippen LogP) is 3.63. The Hall–Kier alpha value is -1.72. The Morgan fingerprint density at radius 2 is 2.03 bits per heavy atom. The average Bonchev–Trinajstić information content (AvgIpc) is 3.17. The van der Waals surface area contributed by atoms with Crippen molar-refractivity contribution in [3.8, 4) is 5.82 Å². The number of piperidine rings is 1. The first-order chi connectivity index (χ1) is 15.6. The maximum absolute atomic E-state index is 6.14. The van der Waals surface area contributed by atoms with E-state index in [1.54, 1.807) is 0 Å². The molecule has 1 atom stereocenters. The minimum atomic E-state index is 0. The standard InChI is InChI=1S/C24H36N6O2.HI/c1-18-14-19(2)30(28-18)23-8-7-20(15-26-23)16-27-24(25-3)29-11-9-21(10-12-29)32-17-22-6-4-5-13-31-22;/h7-8,14-15,21-22H,4-6,9-13,16-17H2,1-3H3,(H,25,27);1H. The van der Waals surface area contributed by atoms with E-state index in [9.17, 15) is 0 Å². The lowest BCUT2D eigenvalue weighted by atomic mass is 10.1. The van der Waals surface area contributed by atoms with Gasteiger partial charge in [-0.2, -0.15) is 5.10 Å². The second kappa shape index (κ2) is 12.7. The summed E-state index contributed by atoms with van der Waals surface area (Å²) >= 11 is 0. The number of halogens is 1. The van der Waals surface area contributed by atoms with Crippen molar-refractivity contribution in [2.75, 3.05) is 33.4 Å². The third-order valence-corrected chi connectivity index (χ3v) is 6.23. The van der Waals surface area contributed by atoms with E-state index >= 15 is 0 Å². The zero-order valence-corrected chi connectivity index (χ0v) is 22.3. The molecule has 4 heterocycles. The van der Waals surface area contributed by atoms with Crippen LogP contribution in [0.1, 0.15) is 49.1 Å². The molecule has 0 spiro atoms. The van der Waals surface area contributed by atoms with Crippen molar-refractivity contribution in [1.29, 1.82) is 0 Å². The first-order valence-electron chi connectivity index (χ1n) is 11.8. The lowest BCUT2D eigenvalue weighted by Crippen LogP contribution is -2.47. The molecule has 2 aliphatic rings. The van der Waals surface area contributed by atoms with Crippen LogP contribution in [-0.2, 0) is 16.0 Å². The SMILES string of the molecule is CN=C(NCc1ccc(-n2nc(C)cc2C)nc1)N1CCC(OCC2CCCCO2)CC1.I. The Morgan fingerprint density at radius 3 is 2.64 bits per heavy atom. The molecule has 2 saturated heterocycles. The first kappa shape index (κ1) is 25.9. The van der Waals surface area contributed by atoms with E-state index in [0.717, 1.165) is 74.3 Å². The molecule has 0 aliphatic carbocycles. The fourth-order valence-corrected chi connectivity index (χ4v) is 4.44. The summed E-state index contributed by atoms with van der Waals surface area (Å²) < 4.78 is 13.8. The Kier molecular flexibility index (Phi) is 9.94. The zero-order valence-electron chi connectivity index (χ0n) is 20.0. The lowest BCUT2D eigenvalue weighted by Gasteiger charge is -2.35. The minimum Gasteiger partial charge on any atom is -0.376 e. The van der Waals surface area contributed by atoms with E-state index in [0.29, 0.717) is 12.6 Å². The highest BCUT2D eigenvalue weighted by molar-refractivity contribution is 14.0. The molecule has 2 fully saturated rings. The van der Waals surface area contributed by atoms with Gasteiger partial charge in [-0.3, -0.25) is 4.99 Å². The summed E-state index contributed by atoms with van der Waals surface area (Å²) in [6.07, 6.45) is 8.13. The van der Waals surface area contributed by atoms with Gasteiger partial charge in [-0.15, -0.1) is 24.0 Å². The van der Waals surface area contributed by atoms with Crippen molar-refractivity contribution in [3.05, 3.63) is 41.3 Å². The molecule has 4 rings (SSSR count). The van der Waals surface area contributed by atoms with Gasteiger partial charge >= 0.3 is 0 Å². The number of ether oxygens (including phenoxy) is 2. The number of aryl methyl sites for hydroxylation is 2. The summed E-state index contributed by atoms with van der Waals surface area (Å²) in [7, 11) is 1.84. The minimum absolute atomic E-state index is 0. The van der Waals surface area contributed by atoms with Crippen molar-refractivity contribution < 1.29 is 9.47 Å². The number of hydrogen-bond donors (Lipinski definition) is 1. The predicted molar refractivity (Wildman–Crippen MR) is 141 cm³/mol. The summed E-state index contributed by atoms with van der Waals surface area (Å²) in [6.45, 7) is 8.24. The first-order valence-corrected chi connectivity index (χ1v) is 11.8. The van der Waals surface area contributed by atoms with Gasteiger partial charge in [0.1, 0.15) is 0 Å². The molecule has 0 aromatic carbocycles. The molecule has 9 heteroatoms. The van der Waals surface area contributed by atoms with Gasteiger partial charge in [-0.1, -0.05) is 6.07 Å². The second-order valence-electron chi connectivity index (χ2n) is 8.77. The molecular weight excluding hydrogens is 531 g/mol. The summed E-state index contributed by atoms with van der Waals surface area (Å²) in [5.41, 5.74) is 3.19. The molecule has 0 amide bonds. The van der Waals surface area contributed by atoms with Crippen LogP contribution in [0.2, 0.25) is 0 Å². The quantitative estimate of drug-likeness (QED) is 0.326. The van der Waals surface area contributed by atoms with Crippen LogP contribution in [0.4, 0.5) is 0 Å². The van der Waals surface area contributed by atoms with Gasteiger partial charge in [-0.05, 0) is 63.6 Å². The van der Waals surface area contributed by atoms with Gasteiger partial charge in [0.2, 0.25) is 0 Å². The fourth-order valence-electron chi connectivity index (χ4n) is 4.44. The van der Waals surface area contributed by atoms with Crippen molar-refractivity contribution in [1.82, 2.24) is 25.0 Å². The molecule has 182 valence electrons. The number of hydrogen-bond acceptors (Lipinski definition) is 5. The molecule has 1 N–H and O–H groups in total. The highest BCUT2D eigenvalue weighted by Gasteiger charge is 2.23. The molecule has 2 aliphatic heterocycles. The summed E-state index contributed by atoms with van der Waals surface area (Å²) in [6, 6.07) is 6.16. The van der Waals surface area contributed by atoms with Crippen molar-refractivity contribution >= 4 is 29.9 Å². The Balaban J connectivity index is 0.00000306. The van der Waals surface area contributed by atoms with E-state index in [4.69, 9.17) is 9.47 Å². The summed E-state index contributed by atoms with van der Waals surface area (Å²) in [5.74, 6) is 1.77. The number of nitrogens with one attached hydrogen (secondary N) is 1. The van der Waals surface area contributed by atoms with Gasteiger partial charge < -0.3 is 19.7 Å². The van der Waals surface area contributed by atoms with Crippen LogP contribution in [0.15, 0.2) is 29.4 Å². The van der Waals surface area contributed by atoms with Crippen LogP contribution in [0.5, 0.6) is 0 Å². The molecule has 0 bridgehead atoms. The van der Waals surface area contributed by atoms with Gasteiger partial charge in [0, 0.05) is 45.2 Å². The van der Waals surface area contributed by atoms with Gasteiger partial charge in [0.25, 0.3) is 0 Å². The summed E-state index contributed by atoms with van der Waals surface area (Å²) in [5, 5.41) is 7.98. The third kappa shape index (κ3) is 7.13. The highest BCUT2D eigenvalue weighted by Crippen LogP contribution is 2.18. The smallest absolute Gasteiger partial charge is 0.193 e. The van der Waals surface area contributed by atoms with Crippen molar-refractivity contribution in [2.45, 2.75) is 64.7 Å². The van der Waals surface area contributed by atoms with Crippen LogP contribution in [0.3, 0.4) is 0 Å². The van der Waals surface area contributed by atoms with Crippen LogP contribution in [-0.4, -0.2) is 71.2 Å². The number of guanidine groups is 1. The number of aliphatic imine (C=N–C) groups is 1. The van der Waals surface area contributed by atoms with Gasteiger partial charge in [0.05, 0.1) is 24.5 Å². The zero-order chi connectivity index (χ0) is 22.3. The largest absolute Gasteiger partial charge is 0.376 e. The molecule has 33 heavy (non-hydrogen) atoms. The van der Waals surface area contributed by atoms with E-state index in [-0.39, 0.29) is 30.1 Å². The van der Waals surface area contributed by atoms with E-state index < -0.39 is 0 Å². The highest BCUT2D eigenvalue weighted by atomic mass is 127. The van der Waals surface area contributed by atoms with E-state index in [1.807, 2.05) is 37.8 Å². The number of aromatic nitrogens is 3. The lowest BCUT2D eigenvalue weighted by molar-refractivity contribution is -0.0721. The average molecular weight is 569 g/mol. The molecule has 0 saturated carbocycles. The maximum atomic E-state index is 6.14. The Labute approximate surface area is 214 Å². The van der Waals surface area contributed by atoms with E-state index in [1.165, 1.54) is 12.8 Å². The second-order valence-corrected chi connectivity index (χ2v) is 8.77. The molecular formula is C24H37IN6O2. The van der Waals surface area contributed by atoms with Crippen LogP contribution in [0, 0.1) is 13.8 Å². The number of nitrogens with zero attached hydrogens (tertiary/aromatic N) is 5. The third-order valence-electron chi connectivity index (χ3n) is 6.23. The van der Waals surface area contributed by atoms with Crippen LogP contribution >= 0.6 is 24.0 Å². The molecule has 2 aromatic rings. The van der Waals surface area contributed by atoms with Crippen LogP contribution < -0.4 is 5.32 Å². The normalized spacial score (nSPS) is 19.9. The monoisotopic (exact) mass is 568 g/mol. The number of likely N-dealkylation sites (tertiary alicyclic amines) is 1.